The van der Waals surface area contributed by atoms with E-state index in [4.69, 9.17) is 0 Å². The molecule has 0 saturated carbocycles. The van der Waals surface area contributed by atoms with E-state index in [1.807, 2.05) is 34.7 Å². The van der Waals surface area contributed by atoms with Gasteiger partial charge in [-0.3, -0.25) is 14.2 Å². The third-order valence-electron chi connectivity index (χ3n) is 3.65. The Hall–Kier alpha value is -2.47. The molecule has 6 heteroatoms. The van der Waals surface area contributed by atoms with Gasteiger partial charge in [0.1, 0.15) is 5.52 Å². The van der Waals surface area contributed by atoms with Crippen LogP contribution in [0.5, 0.6) is 0 Å². The summed E-state index contributed by atoms with van der Waals surface area (Å²) in [5, 5.41) is 0. The summed E-state index contributed by atoms with van der Waals surface area (Å²) in [6.45, 7) is 0.474. The number of aromatic nitrogens is 4. The molecule has 0 spiro atoms. The topological polar surface area (TPSA) is 52.2 Å². The number of nitrogens with zero attached hydrogens (tertiary/aromatic N) is 4. The number of benzene rings is 1. The van der Waals surface area contributed by atoms with Crippen molar-refractivity contribution < 1.29 is 0 Å². The minimum Gasteiger partial charge on any atom is -0.300 e. The summed E-state index contributed by atoms with van der Waals surface area (Å²) in [6.07, 6.45) is 6.77. The molecule has 0 bridgehead atoms. The van der Waals surface area contributed by atoms with E-state index < -0.39 is 0 Å². The molecular weight excluding hydrogens is 344 g/mol. The zero-order valence-corrected chi connectivity index (χ0v) is 13.1. The molecule has 3 aromatic heterocycles. The number of fused-ring (bicyclic) bond motifs is 3. The molecule has 22 heavy (non-hydrogen) atoms. The predicted octanol–water partition coefficient (Wildman–Crippen LogP) is 2.86. The van der Waals surface area contributed by atoms with Gasteiger partial charge in [-0.1, -0.05) is 22.0 Å². The summed E-state index contributed by atoms with van der Waals surface area (Å²) >= 11 is 3.48. The molecule has 0 radical (unpaired) electrons. The van der Waals surface area contributed by atoms with Crippen LogP contribution in [0.2, 0.25) is 0 Å². The quantitative estimate of drug-likeness (QED) is 0.556. The second kappa shape index (κ2) is 5.06. The lowest BCUT2D eigenvalue weighted by Crippen LogP contribution is -2.23. The summed E-state index contributed by atoms with van der Waals surface area (Å²) in [6, 6.07) is 9.72. The molecule has 0 fully saturated rings. The number of hydrogen-bond donors (Lipinski definition) is 0. The van der Waals surface area contributed by atoms with E-state index in [9.17, 15) is 4.79 Å². The van der Waals surface area contributed by atoms with Gasteiger partial charge in [-0.05, 0) is 29.8 Å². The van der Waals surface area contributed by atoms with Crippen LogP contribution >= 0.6 is 15.9 Å². The minimum absolute atomic E-state index is 0.0630. The van der Waals surface area contributed by atoms with Gasteiger partial charge in [0.15, 0.2) is 0 Å². The van der Waals surface area contributed by atoms with Crippen LogP contribution < -0.4 is 5.56 Å². The van der Waals surface area contributed by atoms with Crippen LogP contribution in [0, 0.1) is 0 Å². The van der Waals surface area contributed by atoms with E-state index in [-0.39, 0.29) is 5.56 Å². The van der Waals surface area contributed by atoms with E-state index in [1.165, 1.54) is 0 Å². The monoisotopic (exact) mass is 354 g/mol. The molecule has 0 amide bonds. The molecule has 5 nitrogen and oxygen atoms in total. The molecule has 1 aromatic carbocycles. The van der Waals surface area contributed by atoms with Crippen LogP contribution in [0.15, 0.2) is 64.5 Å². The molecule has 0 unspecified atom stereocenters. The van der Waals surface area contributed by atoms with Crippen LogP contribution in [0.3, 0.4) is 0 Å². The highest BCUT2D eigenvalue weighted by molar-refractivity contribution is 9.10. The highest BCUT2D eigenvalue weighted by atomic mass is 79.9. The van der Waals surface area contributed by atoms with Crippen molar-refractivity contribution >= 4 is 32.5 Å². The summed E-state index contributed by atoms with van der Waals surface area (Å²) in [5.74, 6) is 0. The first-order valence-corrected chi connectivity index (χ1v) is 7.56. The fraction of sp³-hybridized carbons (Fsp3) is 0.0625. The standard InChI is InChI=1S/C16H11BrN4O/c17-12-3-4-13-14(6-12)20(9-11-2-1-5-18-7-11)16(22)15-8-19-10-21(13)15/h1-8,10H,9H2. The number of halogens is 1. The fourth-order valence-corrected chi connectivity index (χ4v) is 2.99. The second-order valence-electron chi connectivity index (χ2n) is 5.03. The Bertz CT molecular complexity index is 1040. The molecule has 0 aliphatic heterocycles. The van der Waals surface area contributed by atoms with Gasteiger partial charge >= 0.3 is 0 Å². The van der Waals surface area contributed by atoms with Gasteiger partial charge in [0.05, 0.1) is 30.1 Å². The van der Waals surface area contributed by atoms with Crippen LogP contribution in [0.4, 0.5) is 0 Å². The maximum Gasteiger partial charge on any atom is 0.277 e. The van der Waals surface area contributed by atoms with Crippen molar-refractivity contribution in [2.45, 2.75) is 6.54 Å². The summed E-state index contributed by atoms with van der Waals surface area (Å²) in [4.78, 5) is 21.0. The molecule has 3 heterocycles. The highest BCUT2D eigenvalue weighted by Gasteiger charge is 2.11. The molecule has 4 rings (SSSR count). The average molecular weight is 355 g/mol. The Morgan fingerprint density at radius 3 is 2.77 bits per heavy atom. The average Bonchev–Trinajstić information content (AvgIpc) is 3.02. The van der Waals surface area contributed by atoms with Gasteiger partial charge in [-0.15, -0.1) is 0 Å². The van der Waals surface area contributed by atoms with Gasteiger partial charge in [-0.2, -0.15) is 0 Å². The normalized spacial score (nSPS) is 11.3. The Morgan fingerprint density at radius 1 is 1.05 bits per heavy atom. The van der Waals surface area contributed by atoms with Gasteiger partial charge in [0.2, 0.25) is 0 Å². The summed E-state index contributed by atoms with van der Waals surface area (Å²) < 4.78 is 4.51. The van der Waals surface area contributed by atoms with Gasteiger partial charge in [-0.25, -0.2) is 4.98 Å². The molecule has 4 aromatic rings. The predicted molar refractivity (Wildman–Crippen MR) is 88.0 cm³/mol. The third kappa shape index (κ3) is 2.03. The summed E-state index contributed by atoms with van der Waals surface area (Å²) in [7, 11) is 0. The zero-order valence-electron chi connectivity index (χ0n) is 11.5. The SMILES string of the molecule is O=c1c2cncn2c2ccc(Br)cc2n1Cc1cccnc1. The molecule has 0 saturated heterocycles. The number of hydrogen-bond acceptors (Lipinski definition) is 3. The lowest BCUT2D eigenvalue weighted by molar-refractivity contribution is 0.789. The molecule has 0 N–H and O–H groups in total. The van der Waals surface area contributed by atoms with E-state index in [2.05, 4.69) is 25.9 Å². The lowest BCUT2D eigenvalue weighted by Gasteiger charge is -2.12. The molecule has 0 aliphatic rings. The van der Waals surface area contributed by atoms with Crippen molar-refractivity contribution in [3.63, 3.8) is 0 Å². The fourth-order valence-electron chi connectivity index (χ4n) is 2.64. The second-order valence-corrected chi connectivity index (χ2v) is 5.95. The first kappa shape index (κ1) is 13.2. The third-order valence-corrected chi connectivity index (χ3v) is 4.15. The van der Waals surface area contributed by atoms with Crippen LogP contribution in [-0.4, -0.2) is 18.9 Å². The first-order chi connectivity index (χ1) is 10.7. The van der Waals surface area contributed by atoms with E-state index >= 15 is 0 Å². The Labute approximate surface area is 134 Å². The minimum atomic E-state index is -0.0630. The van der Waals surface area contributed by atoms with Gasteiger partial charge in [0, 0.05) is 16.9 Å². The summed E-state index contributed by atoms with van der Waals surface area (Å²) in [5.41, 5.74) is 3.29. The van der Waals surface area contributed by atoms with Crippen LogP contribution in [0.1, 0.15) is 5.56 Å². The lowest BCUT2D eigenvalue weighted by atomic mass is 10.2. The van der Waals surface area contributed by atoms with E-state index in [0.29, 0.717) is 12.1 Å². The first-order valence-electron chi connectivity index (χ1n) is 6.77. The molecule has 0 atom stereocenters. The van der Waals surface area contributed by atoms with Crippen LogP contribution in [0.25, 0.3) is 16.6 Å². The van der Waals surface area contributed by atoms with Crippen molar-refractivity contribution in [1.29, 1.82) is 0 Å². The number of pyridine rings is 1. The van der Waals surface area contributed by atoms with Crippen molar-refractivity contribution in [2.75, 3.05) is 0 Å². The number of rotatable bonds is 2. The Balaban J connectivity index is 2.07. The zero-order chi connectivity index (χ0) is 15.1. The Morgan fingerprint density at radius 2 is 1.95 bits per heavy atom. The molecule has 0 aliphatic carbocycles. The van der Waals surface area contributed by atoms with Crippen LogP contribution in [-0.2, 0) is 6.54 Å². The van der Waals surface area contributed by atoms with Crippen molar-refractivity contribution in [3.8, 4) is 0 Å². The van der Waals surface area contributed by atoms with Crippen molar-refractivity contribution in [1.82, 2.24) is 18.9 Å². The Kier molecular flexibility index (Phi) is 3.04. The maximum atomic E-state index is 12.8. The molecular formula is C16H11BrN4O. The van der Waals surface area contributed by atoms with E-state index in [1.54, 1.807) is 29.5 Å². The van der Waals surface area contributed by atoms with Gasteiger partial charge in [0.25, 0.3) is 5.56 Å². The maximum absolute atomic E-state index is 12.8. The largest absolute Gasteiger partial charge is 0.300 e. The number of imidazole rings is 1. The highest BCUT2D eigenvalue weighted by Crippen LogP contribution is 2.20. The smallest absolute Gasteiger partial charge is 0.277 e. The van der Waals surface area contributed by atoms with Crippen molar-refractivity contribution in [3.05, 3.63) is 75.6 Å². The van der Waals surface area contributed by atoms with Crippen molar-refractivity contribution in [2.24, 2.45) is 0 Å². The van der Waals surface area contributed by atoms with E-state index in [0.717, 1.165) is 21.1 Å². The molecule has 108 valence electrons. The van der Waals surface area contributed by atoms with Gasteiger partial charge < -0.3 is 4.57 Å².